The van der Waals surface area contributed by atoms with Crippen molar-refractivity contribution in [2.75, 3.05) is 10.3 Å². The molecular weight excluding hydrogens is 519 g/mol. The average Bonchev–Trinajstić information content (AvgIpc) is 3.16. The van der Waals surface area contributed by atoms with Crippen molar-refractivity contribution in [2.45, 2.75) is 46.5 Å². The van der Waals surface area contributed by atoms with Crippen LogP contribution in [0, 0.1) is 13.8 Å². The van der Waals surface area contributed by atoms with Gasteiger partial charge in [-0.2, -0.15) is 18.3 Å². The third-order valence-corrected chi connectivity index (χ3v) is 6.43. The van der Waals surface area contributed by atoms with E-state index in [1.165, 1.54) is 23.3 Å². The van der Waals surface area contributed by atoms with E-state index in [1.807, 2.05) is 20.8 Å². The molecule has 38 heavy (non-hydrogen) atoms. The second-order valence-electron chi connectivity index (χ2n) is 9.24. The summed E-state index contributed by atoms with van der Waals surface area (Å²) >= 11 is 6.06. The Balaban J connectivity index is 1.91. The van der Waals surface area contributed by atoms with Gasteiger partial charge in [0.05, 0.1) is 28.2 Å². The number of amides is 1. The van der Waals surface area contributed by atoms with Gasteiger partial charge in [-0.15, -0.1) is 0 Å². The van der Waals surface area contributed by atoms with E-state index in [-0.39, 0.29) is 29.4 Å². The number of anilines is 2. The van der Waals surface area contributed by atoms with Crippen LogP contribution in [0.25, 0.3) is 5.70 Å². The Bertz CT molecular complexity index is 1370. The van der Waals surface area contributed by atoms with Crippen LogP contribution in [0.2, 0.25) is 5.02 Å². The monoisotopic (exact) mass is 549 g/mol. The number of nitrogens with zero attached hydrogens (tertiary/aromatic N) is 3. The fraction of sp³-hybridized carbons (Fsp3) is 0.308. The molecule has 0 aliphatic heterocycles. The first-order chi connectivity index (χ1) is 17.7. The van der Waals surface area contributed by atoms with Crippen molar-refractivity contribution in [3.63, 3.8) is 0 Å². The van der Waals surface area contributed by atoms with Crippen LogP contribution in [0.3, 0.4) is 0 Å². The van der Waals surface area contributed by atoms with Crippen LogP contribution < -0.4 is 27.2 Å². The summed E-state index contributed by atoms with van der Waals surface area (Å²) in [5.41, 5.74) is 8.73. The Kier molecular flexibility index (Phi) is 8.75. The second kappa shape index (κ2) is 11.5. The Hall–Kier alpha value is -3.54. The van der Waals surface area contributed by atoms with Gasteiger partial charge in [-0.1, -0.05) is 31.5 Å². The highest BCUT2D eigenvalue weighted by Crippen LogP contribution is 2.38. The van der Waals surface area contributed by atoms with Crippen LogP contribution in [0.5, 0.6) is 0 Å². The molecule has 0 saturated heterocycles. The number of aryl methyl sites for hydroxylation is 2. The largest absolute Gasteiger partial charge is 0.417 e. The Morgan fingerprint density at radius 2 is 1.92 bits per heavy atom. The highest BCUT2D eigenvalue weighted by Gasteiger charge is 2.35. The van der Waals surface area contributed by atoms with Gasteiger partial charge in [0.1, 0.15) is 0 Å². The van der Waals surface area contributed by atoms with Gasteiger partial charge >= 0.3 is 6.18 Å². The van der Waals surface area contributed by atoms with E-state index in [0.29, 0.717) is 16.9 Å². The molecule has 8 nitrogen and oxygen atoms in total. The summed E-state index contributed by atoms with van der Waals surface area (Å²) in [7, 11) is 1.79. The summed E-state index contributed by atoms with van der Waals surface area (Å²) in [5.74, 6) is 5.63. The van der Waals surface area contributed by atoms with Gasteiger partial charge < -0.3 is 16.4 Å². The van der Waals surface area contributed by atoms with Gasteiger partial charge in [0.25, 0.3) is 5.91 Å². The molecule has 1 aromatic heterocycles. The molecule has 0 unspecified atom stereocenters. The molecular formula is C26H31ClF3N7O. The summed E-state index contributed by atoms with van der Waals surface area (Å²) in [5, 5.41) is 10.6. The first-order valence-corrected chi connectivity index (χ1v) is 12.1. The molecule has 12 heteroatoms. The minimum Gasteiger partial charge on any atom is -0.397 e. The van der Waals surface area contributed by atoms with Gasteiger partial charge in [-0.3, -0.25) is 14.5 Å². The van der Waals surface area contributed by atoms with Crippen molar-refractivity contribution in [3.8, 4) is 0 Å². The summed E-state index contributed by atoms with van der Waals surface area (Å²) in [6.07, 6.45) is -1.56. The molecule has 0 saturated carbocycles. The summed E-state index contributed by atoms with van der Waals surface area (Å²) in [4.78, 5) is 13.1. The predicted octanol–water partition coefficient (Wildman–Crippen LogP) is 5.10. The smallest absolute Gasteiger partial charge is 0.397 e. The van der Waals surface area contributed by atoms with E-state index in [9.17, 15) is 18.0 Å². The van der Waals surface area contributed by atoms with Gasteiger partial charge in [-0.05, 0) is 49.2 Å². The number of halogens is 4. The highest BCUT2D eigenvalue weighted by molar-refractivity contribution is 6.32. The molecule has 3 rings (SSSR count). The molecule has 0 aliphatic carbocycles. The third-order valence-electron chi connectivity index (χ3n) is 5.99. The van der Waals surface area contributed by atoms with Crippen molar-refractivity contribution >= 4 is 34.6 Å². The first kappa shape index (κ1) is 29.0. The van der Waals surface area contributed by atoms with E-state index < -0.39 is 22.7 Å². The number of benzene rings is 2. The zero-order valence-electron chi connectivity index (χ0n) is 21.7. The maximum atomic E-state index is 13.6. The van der Waals surface area contributed by atoms with Crippen LogP contribution in [-0.4, -0.2) is 21.7 Å². The van der Waals surface area contributed by atoms with Crippen LogP contribution in [0.4, 0.5) is 24.5 Å². The highest BCUT2D eigenvalue weighted by atomic mass is 35.5. The van der Waals surface area contributed by atoms with Crippen LogP contribution >= 0.6 is 11.6 Å². The number of nitrogens with one attached hydrogen (secondary N) is 2. The zero-order chi connectivity index (χ0) is 28.4. The lowest BCUT2D eigenvalue weighted by Crippen LogP contribution is -2.27. The van der Waals surface area contributed by atoms with Gasteiger partial charge in [0.2, 0.25) is 0 Å². The van der Waals surface area contributed by atoms with Gasteiger partial charge in [-0.25, -0.2) is 5.84 Å². The molecule has 3 aromatic rings. The lowest BCUT2D eigenvalue weighted by atomic mass is 10.1. The number of alkyl halides is 3. The Morgan fingerprint density at radius 3 is 2.50 bits per heavy atom. The topological polar surface area (TPSA) is 114 Å². The molecule has 1 amide bonds. The number of hydrazine groups is 1. The number of hydrogen-bond donors (Lipinski definition) is 4. The van der Waals surface area contributed by atoms with E-state index in [4.69, 9.17) is 23.2 Å². The lowest BCUT2D eigenvalue weighted by Gasteiger charge is -2.19. The number of carbonyl (C=O) groups is 1. The second-order valence-corrected chi connectivity index (χ2v) is 9.62. The number of carbonyl (C=O) groups excluding carboxylic acids is 1. The first-order valence-electron chi connectivity index (χ1n) is 11.7. The molecule has 0 fully saturated rings. The molecule has 0 spiro atoms. The molecule has 0 atom stereocenters. The van der Waals surface area contributed by atoms with Gasteiger partial charge in [0.15, 0.2) is 0 Å². The molecule has 6 N–H and O–H groups in total. The minimum atomic E-state index is -4.69. The normalized spacial score (nSPS) is 12.2. The maximum absolute atomic E-state index is 13.6. The van der Waals surface area contributed by atoms with E-state index >= 15 is 0 Å². The number of nitrogens with two attached hydrogens (primary N) is 2. The molecule has 204 valence electrons. The molecule has 0 bridgehead atoms. The van der Waals surface area contributed by atoms with Crippen molar-refractivity contribution in [1.29, 1.82) is 0 Å². The number of aromatic nitrogens is 2. The van der Waals surface area contributed by atoms with Crippen LogP contribution in [0.1, 0.15) is 52.2 Å². The molecule has 1 heterocycles. The van der Waals surface area contributed by atoms with Crippen LogP contribution in [0.15, 0.2) is 42.7 Å². The van der Waals surface area contributed by atoms with Crippen molar-refractivity contribution in [1.82, 2.24) is 15.1 Å². The van der Waals surface area contributed by atoms with Gasteiger partial charge in [0, 0.05) is 48.3 Å². The van der Waals surface area contributed by atoms with Crippen molar-refractivity contribution in [2.24, 2.45) is 18.6 Å². The minimum absolute atomic E-state index is 0.0222. The maximum Gasteiger partial charge on any atom is 0.417 e. The van der Waals surface area contributed by atoms with E-state index in [1.54, 1.807) is 37.0 Å². The lowest BCUT2D eigenvalue weighted by molar-refractivity contribution is -0.137. The third kappa shape index (κ3) is 6.66. The Labute approximate surface area is 224 Å². The molecule has 0 aliphatic rings. The van der Waals surface area contributed by atoms with Crippen molar-refractivity contribution < 1.29 is 18.0 Å². The van der Waals surface area contributed by atoms with Crippen LogP contribution in [-0.2, 0) is 19.8 Å². The standard InChI is InChI=1S/C26H31ClF3N7O/c1-14(2)33-11-18-8-19(10-21(24(18)27)26(28,29)30)35-25(38)17-7-6-15(3)23(9-17)37(32)13-22(31)20-12-34-36(5)16(20)4/h6-10,12-14,33H,11,31-32H2,1-5H3,(H,35,38)/b22-13-. The molecule has 0 radical (unpaired) electrons. The fourth-order valence-electron chi connectivity index (χ4n) is 3.71. The summed E-state index contributed by atoms with van der Waals surface area (Å²) in [6, 6.07) is 7.05. The summed E-state index contributed by atoms with van der Waals surface area (Å²) < 4.78 is 42.6. The average molecular weight is 550 g/mol. The SMILES string of the molecule is Cc1ccc(C(=O)Nc2cc(CNC(C)C)c(Cl)c(C(F)(F)F)c2)cc1N(N)/C=C(\N)c1cnn(C)c1C. The predicted molar refractivity (Wildman–Crippen MR) is 144 cm³/mol. The number of hydrogen-bond acceptors (Lipinski definition) is 6. The number of rotatable bonds is 8. The fourth-order valence-corrected chi connectivity index (χ4v) is 3.99. The Morgan fingerprint density at radius 1 is 1.24 bits per heavy atom. The quantitative estimate of drug-likeness (QED) is 0.230. The summed E-state index contributed by atoms with van der Waals surface area (Å²) in [6.45, 7) is 7.50. The zero-order valence-corrected chi connectivity index (χ0v) is 22.5. The van der Waals surface area contributed by atoms with Crippen molar-refractivity contribution in [3.05, 3.63) is 81.3 Å². The van der Waals surface area contributed by atoms with E-state index in [2.05, 4.69) is 15.7 Å². The molecule has 2 aromatic carbocycles. The van der Waals surface area contributed by atoms with E-state index in [0.717, 1.165) is 17.3 Å².